The average molecular weight is 345 g/mol. The molecule has 7 heteroatoms. The van der Waals surface area contributed by atoms with E-state index < -0.39 is 23.3 Å². The monoisotopic (exact) mass is 345 g/mol. The number of aromatic nitrogens is 2. The quantitative estimate of drug-likeness (QED) is 0.833. The Balaban J connectivity index is 2.52. The van der Waals surface area contributed by atoms with Gasteiger partial charge in [-0.15, -0.1) is 0 Å². The van der Waals surface area contributed by atoms with Gasteiger partial charge in [-0.05, 0) is 31.9 Å². The van der Waals surface area contributed by atoms with E-state index in [0.29, 0.717) is 24.0 Å². The molecule has 25 heavy (non-hydrogen) atoms. The number of hydrogen-bond donors (Lipinski definition) is 2. The van der Waals surface area contributed by atoms with Gasteiger partial charge in [0.05, 0.1) is 5.39 Å². The molecule has 2 N–H and O–H groups in total. The van der Waals surface area contributed by atoms with Crippen molar-refractivity contribution in [3.63, 3.8) is 0 Å². The summed E-state index contributed by atoms with van der Waals surface area (Å²) in [5.74, 6) is -2.04. The number of aryl methyl sites for hydroxylation is 2. The SMILES string of the molecule is CC[C@H](C)[C@H](NC(=O)c1cn(CC)c2nc(C)ccc2c1=O)C(=O)O. The Kier molecular flexibility index (Phi) is 5.56. The molecular weight excluding hydrogens is 322 g/mol. The molecule has 2 aromatic heterocycles. The van der Waals surface area contributed by atoms with E-state index in [9.17, 15) is 19.5 Å². The van der Waals surface area contributed by atoms with Gasteiger partial charge in [0.15, 0.2) is 0 Å². The van der Waals surface area contributed by atoms with E-state index in [4.69, 9.17) is 0 Å². The van der Waals surface area contributed by atoms with Gasteiger partial charge in [-0.25, -0.2) is 9.78 Å². The fourth-order valence-electron chi connectivity index (χ4n) is 2.66. The molecule has 0 aliphatic heterocycles. The summed E-state index contributed by atoms with van der Waals surface area (Å²) in [4.78, 5) is 41.0. The Bertz CT molecular complexity index is 872. The van der Waals surface area contributed by atoms with Crippen LogP contribution in [0.15, 0.2) is 23.1 Å². The maximum absolute atomic E-state index is 12.7. The molecule has 7 nitrogen and oxygen atoms in total. The minimum Gasteiger partial charge on any atom is -0.480 e. The number of pyridine rings is 2. The summed E-state index contributed by atoms with van der Waals surface area (Å²) in [6.07, 6.45) is 2.04. The van der Waals surface area contributed by atoms with Gasteiger partial charge in [-0.1, -0.05) is 20.3 Å². The number of carbonyl (C=O) groups excluding carboxylic acids is 1. The van der Waals surface area contributed by atoms with Crippen LogP contribution in [-0.2, 0) is 11.3 Å². The lowest BCUT2D eigenvalue weighted by atomic mass is 9.99. The molecule has 0 unspecified atom stereocenters. The molecule has 2 heterocycles. The van der Waals surface area contributed by atoms with Crippen molar-refractivity contribution in [2.45, 2.75) is 46.7 Å². The second-order valence-electron chi connectivity index (χ2n) is 6.16. The highest BCUT2D eigenvalue weighted by atomic mass is 16.4. The first-order chi connectivity index (χ1) is 11.8. The molecule has 0 aromatic carbocycles. The summed E-state index contributed by atoms with van der Waals surface area (Å²) in [5.41, 5.74) is 0.766. The van der Waals surface area contributed by atoms with Crippen molar-refractivity contribution in [1.29, 1.82) is 0 Å². The molecule has 2 atom stereocenters. The van der Waals surface area contributed by atoms with E-state index in [0.717, 1.165) is 5.69 Å². The predicted molar refractivity (Wildman–Crippen MR) is 94.8 cm³/mol. The normalized spacial score (nSPS) is 13.4. The Morgan fingerprint density at radius 2 is 2.00 bits per heavy atom. The third kappa shape index (κ3) is 3.70. The zero-order valence-corrected chi connectivity index (χ0v) is 14.9. The van der Waals surface area contributed by atoms with E-state index in [1.54, 1.807) is 23.6 Å². The van der Waals surface area contributed by atoms with Gasteiger partial charge in [0.1, 0.15) is 17.3 Å². The maximum Gasteiger partial charge on any atom is 0.326 e. The van der Waals surface area contributed by atoms with Crippen LogP contribution in [0.2, 0.25) is 0 Å². The average Bonchev–Trinajstić information content (AvgIpc) is 2.58. The second kappa shape index (κ2) is 7.46. The summed E-state index contributed by atoms with van der Waals surface area (Å²) in [7, 11) is 0. The van der Waals surface area contributed by atoms with Gasteiger partial charge < -0.3 is 15.0 Å². The Morgan fingerprint density at radius 1 is 1.32 bits per heavy atom. The smallest absolute Gasteiger partial charge is 0.326 e. The number of amides is 1. The van der Waals surface area contributed by atoms with Crippen molar-refractivity contribution >= 4 is 22.9 Å². The summed E-state index contributed by atoms with van der Waals surface area (Å²) >= 11 is 0. The number of hydrogen-bond acceptors (Lipinski definition) is 4. The standard InChI is InChI=1S/C18H23N3O4/c1-5-10(3)14(18(24)25)20-17(23)13-9-21(6-2)16-12(15(13)22)8-7-11(4)19-16/h7-10,14H,5-6H2,1-4H3,(H,20,23)(H,24,25)/t10-,14-/m0/s1. The molecular formula is C18H23N3O4. The van der Waals surface area contributed by atoms with Crippen molar-refractivity contribution in [2.75, 3.05) is 0 Å². The van der Waals surface area contributed by atoms with E-state index in [1.165, 1.54) is 6.20 Å². The maximum atomic E-state index is 12.7. The van der Waals surface area contributed by atoms with Gasteiger partial charge in [-0.3, -0.25) is 9.59 Å². The highest BCUT2D eigenvalue weighted by Gasteiger charge is 2.27. The number of carboxylic acids is 1. The van der Waals surface area contributed by atoms with Crippen molar-refractivity contribution in [3.8, 4) is 0 Å². The molecule has 1 amide bonds. The number of carbonyl (C=O) groups is 2. The molecule has 0 bridgehead atoms. The van der Waals surface area contributed by atoms with Crippen LogP contribution in [0.25, 0.3) is 11.0 Å². The number of aliphatic carboxylic acids is 1. The summed E-state index contributed by atoms with van der Waals surface area (Å²) in [6.45, 7) is 7.83. The first-order valence-corrected chi connectivity index (χ1v) is 8.34. The minimum absolute atomic E-state index is 0.0745. The first kappa shape index (κ1) is 18.6. The van der Waals surface area contributed by atoms with E-state index in [1.807, 2.05) is 20.8 Å². The lowest BCUT2D eigenvalue weighted by molar-refractivity contribution is -0.140. The Hall–Kier alpha value is -2.70. The van der Waals surface area contributed by atoms with Gasteiger partial charge in [0.2, 0.25) is 5.43 Å². The zero-order valence-electron chi connectivity index (χ0n) is 14.9. The predicted octanol–water partition coefficient (Wildman–Crippen LogP) is 1.95. The van der Waals surface area contributed by atoms with E-state index in [2.05, 4.69) is 10.3 Å². The van der Waals surface area contributed by atoms with Crippen LogP contribution < -0.4 is 10.7 Å². The van der Waals surface area contributed by atoms with Crippen molar-refractivity contribution in [1.82, 2.24) is 14.9 Å². The Morgan fingerprint density at radius 3 is 2.56 bits per heavy atom. The summed E-state index contributed by atoms with van der Waals surface area (Å²) in [6, 6.07) is 2.32. The minimum atomic E-state index is -1.11. The van der Waals surface area contributed by atoms with E-state index >= 15 is 0 Å². The number of fused-ring (bicyclic) bond motifs is 1. The van der Waals surface area contributed by atoms with Crippen LogP contribution in [0.5, 0.6) is 0 Å². The van der Waals surface area contributed by atoms with Crippen LogP contribution in [0.4, 0.5) is 0 Å². The van der Waals surface area contributed by atoms with Gasteiger partial charge in [0, 0.05) is 18.4 Å². The molecule has 0 spiro atoms. The highest BCUT2D eigenvalue weighted by Crippen LogP contribution is 2.12. The van der Waals surface area contributed by atoms with Crippen molar-refractivity contribution < 1.29 is 14.7 Å². The lowest BCUT2D eigenvalue weighted by Crippen LogP contribution is -2.46. The molecule has 0 saturated carbocycles. The fourth-order valence-corrected chi connectivity index (χ4v) is 2.66. The first-order valence-electron chi connectivity index (χ1n) is 8.34. The van der Waals surface area contributed by atoms with Gasteiger partial charge in [-0.2, -0.15) is 0 Å². The molecule has 0 aliphatic rings. The van der Waals surface area contributed by atoms with Crippen molar-refractivity contribution in [3.05, 3.63) is 39.8 Å². The van der Waals surface area contributed by atoms with Gasteiger partial charge >= 0.3 is 5.97 Å². The number of rotatable bonds is 6. The van der Waals surface area contributed by atoms with Crippen LogP contribution in [-0.4, -0.2) is 32.6 Å². The Labute approximate surface area is 145 Å². The number of nitrogens with one attached hydrogen (secondary N) is 1. The third-order valence-electron chi connectivity index (χ3n) is 4.41. The van der Waals surface area contributed by atoms with Crippen LogP contribution in [0.1, 0.15) is 43.2 Å². The molecule has 0 fully saturated rings. The zero-order chi connectivity index (χ0) is 18.7. The van der Waals surface area contributed by atoms with Crippen LogP contribution >= 0.6 is 0 Å². The summed E-state index contributed by atoms with van der Waals surface area (Å²) < 4.78 is 1.72. The molecule has 0 saturated heterocycles. The molecule has 2 aromatic rings. The lowest BCUT2D eigenvalue weighted by Gasteiger charge is -2.20. The third-order valence-corrected chi connectivity index (χ3v) is 4.41. The topological polar surface area (TPSA) is 101 Å². The largest absolute Gasteiger partial charge is 0.480 e. The van der Waals surface area contributed by atoms with Gasteiger partial charge in [0.25, 0.3) is 5.91 Å². The molecule has 134 valence electrons. The molecule has 2 rings (SSSR count). The van der Waals surface area contributed by atoms with Crippen LogP contribution in [0, 0.1) is 12.8 Å². The van der Waals surface area contributed by atoms with Crippen molar-refractivity contribution in [2.24, 2.45) is 5.92 Å². The number of carboxylic acid groups (broad SMARTS) is 1. The van der Waals surface area contributed by atoms with E-state index in [-0.39, 0.29) is 11.5 Å². The highest BCUT2D eigenvalue weighted by molar-refractivity contribution is 5.98. The summed E-state index contributed by atoms with van der Waals surface area (Å²) in [5, 5.41) is 12.2. The van der Waals surface area contributed by atoms with Crippen LogP contribution in [0.3, 0.4) is 0 Å². The molecule has 0 aliphatic carbocycles. The molecule has 0 radical (unpaired) electrons. The fraction of sp³-hybridized carbons (Fsp3) is 0.444. The number of nitrogens with zero attached hydrogens (tertiary/aromatic N) is 2. The second-order valence-corrected chi connectivity index (χ2v) is 6.16.